The lowest BCUT2D eigenvalue weighted by Crippen LogP contribution is -2.22. The number of thioether (sulfide) groups is 1. The molecule has 1 aliphatic carbocycles. The van der Waals surface area contributed by atoms with Gasteiger partial charge in [-0.2, -0.15) is 13.2 Å². The molecule has 4 rings (SSSR count). The molecule has 0 amide bonds. The van der Waals surface area contributed by atoms with E-state index in [1.54, 1.807) is 12.1 Å². The van der Waals surface area contributed by atoms with E-state index in [1.807, 2.05) is 4.90 Å². The highest BCUT2D eigenvalue weighted by atomic mass is 32.2. The summed E-state index contributed by atoms with van der Waals surface area (Å²) in [5, 5.41) is 0. The van der Waals surface area contributed by atoms with Crippen LogP contribution in [0.2, 0.25) is 0 Å². The fourth-order valence-corrected chi connectivity index (χ4v) is 4.50. The van der Waals surface area contributed by atoms with Crippen LogP contribution in [-0.4, -0.2) is 18.9 Å². The Hall–Kier alpha value is -1.89. The average molecular weight is 411 g/mol. The molecule has 0 unspecified atom stereocenters. The normalized spacial score (nSPS) is 17.6. The van der Waals surface area contributed by atoms with Crippen LogP contribution in [0.15, 0.2) is 41.3 Å². The molecule has 0 saturated heterocycles. The number of anilines is 2. The second-order valence-corrected chi connectivity index (χ2v) is 8.39. The lowest BCUT2D eigenvalue weighted by Gasteiger charge is -2.28. The van der Waals surface area contributed by atoms with Crippen molar-refractivity contribution in [3.05, 3.63) is 47.8 Å². The maximum Gasteiger partial charge on any atom is 0.420 e. The molecule has 0 spiro atoms. The van der Waals surface area contributed by atoms with Crippen molar-refractivity contribution in [2.75, 3.05) is 23.8 Å². The quantitative estimate of drug-likeness (QED) is 0.522. The molecule has 1 fully saturated rings. The van der Waals surface area contributed by atoms with E-state index in [9.17, 15) is 17.6 Å². The second kappa shape index (κ2) is 7.85. The van der Waals surface area contributed by atoms with Crippen LogP contribution in [0.4, 0.5) is 28.9 Å². The SMILES string of the molecule is Fc1ccc(N2CCCSc3cc(OCC4CCC4)c(C(F)(F)F)cc32)cc1. The Morgan fingerprint density at radius 3 is 2.46 bits per heavy atom. The second-order valence-electron chi connectivity index (χ2n) is 7.25. The molecule has 2 aliphatic rings. The van der Waals surface area contributed by atoms with Gasteiger partial charge < -0.3 is 9.64 Å². The fraction of sp³-hybridized carbons (Fsp3) is 0.429. The van der Waals surface area contributed by atoms with Gasteiger partial charge in [-0.3, -0.25) is 0 Å². The van der Waals surface area contributed by atoms with E-state index in [1.165, 1.54) is 36.0 Å². The highest BCUT2D eigenvalue weighted by Crippen LogP contribution is 2.46. The van der Waals surface area contributed by atoms with Gasteiger partial charge in [0.15, 0.2) is 0 Å². The Bertz CT molecular complexity index is 834. The number of hydrogen-bond donors (Lipinski definition) is 0. The number of nitrogens with zero attached hydrogens (tertiary/aromatic N) is 1. The number of halogens is 4. The van der Waals surface area contributed by atoms with Gasteiger partial charge >= 0.3 is 6.18 Å². The van der Waals surface area contributed by atoms with Gasteiger partial charge in [0.1, 0.15) is 11.6 Å². The van der Waals surface area contributed by atoms with Crippen molar-refractivity contribution in [3.63, 3.8) is 0 Å². The summed E-state index contributed by atoms with van der Waals surface area (Å²) in [6.45, 7) is 0.902. The lowest BCUT2D eigenvalue weighted by atomic mass is 9.86. The molecule has 0 atom stereocenters. The Labute approximate surface area is 165 Å². The Morgan fingerprint density at radius 2 is 1.82 bits per heavy atom. The van der Waals surface area contributed by atoms with E-state index in [2.05, 4.69) is 0 Å². The molecule has 0 N–H and O–H groups in total. The monoisotopic (exact) mass is 411 g/mol. The van der Waals surface area contributed by atoms with E-state index in [4.69, 9.17) is 4.74 Å². The first-order valence-electron chi connectivity index (χ1n) is 9.46. The summed E-state index contributed by atoms with van der Waals surface area (Å²) >= 11 is 1.54. The highest BCUT2D eigenvalue weighted by molar-refractivity contribution is 7.99. The number of rotatable bonds is 4. The van der Waals surface area contributed by atoms with Crippen LogP contribution in [0.1, 0.15) is 31.2 Å². The molecule has 2 aromatic carbocycles. The van der Waals surface area contributed by atoms with Crippen LogP contribution >= 0.6 is 11.8 Å². The molecule has 2 nitrogen and oxygen atoms in total. The smallest absolute Gasteiger partial charge is 0.420 e. The lowest BCUT2D eigenvalue weighted by molar-refractivity contribution is -0.139. The summed E-state index contributed by atoms with van der Waals surface area (Å²) in [6, 6.07) is 8.57. The van der Waals surface area contributed by atoms with Gasteiger partial charge in [0.05, 0.1) is 17.9 Å². The van der Waals surface area contributed by atoms with Crippen LogP contribution in [-0.2, 0) is 6.18 Å². The van der Waals surface area contributed by atoms with Gasteiger partial charge in [0.25, 0.3) is 0 Å². The van der Waals surface area contributed by atoms with Crippen LogP contribution in [0.3, 0.4) is 0 Å². The number of fused-ring (bicyclic) bond motifs is 1. The number of ether oxygens (including phenoxy) is 1. The standard InChI is InChI=1S/C21H21F4NOS/c22-15-5-7-16(8-6-15)26-9-2-10-28-20-12-19(27-13-14-3-1-4-14)17(11-18(20)26)21(23,24)25/h5-8,11-12,14H,1-4,9-10,13H2. The van der Waals surface area contributed by atoms with Crippen molar-refractivity contribution in [2.24, 2.45) is 5.92 Å². The van der Waals surface area contributed by atoms with Gasteiger partial charge in [-0.25, -0.2) is 4.39 Å². The van der Waals surface area contributed by atoms with E-state index in [0.29, 0.717) is 30.4 Å². The minimum absolute atomic E-state index is 0.0911. The van der Waals surface area contributed by atoms with E-state index in [0.717, 1.165) is 36.3 Å². The molecule has 0 aromatic heterocycles. The maximum absolute atomic E-state index is 13.8. The molecule has 0 bridgehead atoms. The van der Waals surface area contributed by atoms with Crippen LogP contribution in [0.5, 0.6) is 5.75 Å². The molecule has 150 valence electrons. The van der Waals surface area contributed by atoms with E-state index in [-0.39, 0.29) is 11.6 Å². The maximum atomic E-state index is 13.8. The van der Waals surface area contributed by atoms with Crippen molar-refractivity contribution in [2.45, 2.75) is 36.8 Å². The first kappa shape index (κ1) is 19.4. The fourth-order valence-electron chi connectivity index (χ4n) is 3.50. The van der Waals surface area contributed by atoms with Gasteiger partial charge in [0.2, 0.25) is 0 Å². The number of hydrogen-bond acceptors (Lipinski definition) is 3. The summed E-state index contributed by atoms with van der Waals surface area (Å²) in [4.78, 5) is 2.60. The topological polar surface area (TPSA) is 12.5 Å². The van der Waals surface area contributed by atoms with Crippen LogP contribution < -0.4 is 9.64 Å². The van der Waals surface area contributed by atoms with Crippen molar-refractivity contribution >= 4 is 23.1 Å². The number of benzene rings is 2. The minimum Gasteiger partial charge on any atom is -0.493 e. The van der Waals surface area contributed by atoms with E-state index < -0.39 is 11.7 Å². The Kier molecular flexibility index (Phi) is 5.45. The summed E-state index contributed by atoms with van der Waals surface area (Å²) in [7, 11) is 0. The van der Waals surface area contributed by atoms with Gasteiger partial charge in [-0.05, 0) is 67.3 Å². The summed E-state index contributed by atoms with van der Waals surface area (Å²) in [5.41, 5.74) is 0.430. The van der Waals surface area contributed by atoms with Gasteiger partial charge in [-0.1, -0.05) is 6.42 Å². The third-order valence-corrected chi connectivity index (χ3v) is 6.41. The first-order valence-corrected chi connectivity index (χ1v) is 10.4. The Balaban J connectivity index is 1.73. The van der Waals surface area contributed by atoms with Crippen molar-refractivity contribution in [3.8, 4) is 5.75 Å². The van der Waals surface area contributed by atoms with Crippen molar-refractivity contribution < 1.29 is 22.3 Å². The highest BCUT2D eigenvalue weighted by Gasteiger charge is 2.37. The molecule has 1 aliphatic heterocycles. The molecule has 0 radical (unpaired) electrons. The zero-order valence-electron chi connectivity index (χ0n) is 15.3. The van der Waals surface area contributed by atoms with Crippen LogP contribution in [0, 0.1) is 11.7 Å². The molecule has 1 saturated carbocycles. The third-order valence-electron chi connectivity index (χ3n) is 5.28. The summed E-state index contributed by atoms with van der Waals surface area (Å²) in [6.07, 6.45) is -0.544. The predicted molar refractivity (Wildman–Crippen MR) is 103 cm³/mol. The molecular weight excluding hydrogens is 390 g/mol. The zero-order valence-corrected chi connectivity index (χ0v) is 16.1. The largest absolute Gasteiger partial charge is 0.493 e. The van der Waals surface area contributed by atoms with Crippen molar-refractivity contribution in [1.29, 1.82) is 0 Å². The first-order chi connectivity index (χ1) is 13.4. The summed E-state index contributed by atoms with van der Waals surface area (Å²) < 4.78 is 60.2. The van der Waals surface area contributed by atoms with Gasteiger partial charge in [-0.15, -0.1) is 11.8 Å². The van der Waals surface area contributed by atoms with E-state index >= 15 is 0 Å². The van der Waals surface area contributed by atoms with Gasteiger partial charge in [0, 0.05) is 17.1 Å². The zero-order chi connectivity index (χ0) is 19.7. The van der Waals surface area contributed by atoms with Crippen LogP contribution in [0.25, 0.3) is 0 Å². The third kappa shape index (κ3) is 4.09. The average Bonchev–Trinajstić information content (AvgIpc) is 2.81. The Morgan fingerprint density at radius 1 is 1.07 bits per heavy atom. The molecule has 1 heterocycles. The molecule has 28 heavy (non-hydrogen) atoms. The predicted octanol–water partition coefficient (Wildman–Crippen LogP) is 6.66. The summed E-state index contributed by atoms with van der Waals surface area (Å²) in [5.74, 6) is 0.691. The van der Waals surface area contributed by atoms with Crippen molar-refractivity contribution in [1.82, 2.24) is 0 Å². The molecular formula is C21H21F4NOS. The number of alkyl halides is 3. The molecule has 2 aromatic rings. The molecule has 7 heteroatoms. The minimum atomic E-state index is -4.50.